The minimum Gasteiger partial charge on any atom is -0.460 e. The molecular weight excluding hydrogens is 653 g/mol. The summed E-state index contributed by atoms with van der Waals surface area (Å²) in [5.74, 6) is -3.21. The normalized spacial score (nSPS) is 19.9. The molecule has 2 saturated heterocycles. The smallest absolute Gasteiger partial charge is 0.308 e. The van der Waals surface area contributed by atoms with Crippen LogP contribution in [0, 0.1) is 0 Å². The van der Waals surface area contributed by atoms with Crippen molar-refractivity contribution >= 4 is 63.9 Å². The molecule has 4 unspecified atom stereocenters. The monoisotopic (exact) mass is 687 g/mol. The zero-order valence-corrected chi connectivity index (χ0v) is 27.5. The van der Waals surface area contributed by atoms with Gasteiger partial charge in [0, 0.05) is 23.6 Å². The highest BCUT2D eigenvalue weighted by Gasteiger charge is 2.45. The number of aromatic nitrogens is 1. The molecule has 2 fully saturated rings. The second-order valence-corrected chi connectivity index (χ2v) is 13.3. The topological polar surface area (TPSA) is 171 Å². The number of benzene rings is 2. The number of aliphatic hydroxyl groups excluding tert-OH is 1. The van der Waals surface area contributed by atoms with Crippen molar-refractivity contribution in [3.8, 4) is 0 Å². The summed E-state index contributed by atoms with van der Waals surface area (Å²) in [5, 5.41) is 19.5. The molecule has 0 bridgehead atoms. The minimum atomic E-state index is -1.66. The summed E-state index contributed by atoms with van der Waals surface area (Å²) in [6.45, 7) is 5.22. The number of hydrogen-bond acceptors (Lipinski definition) is 9. The van der Waals surface area contributed by atoms with Crippen LogP contribution in [0.25, 0.3) is 11.1 Å². The summed E-state index contributed by atoms with van der Waals surface area (Å²) in [6.07, 6.45) is -1.56. The number of ether oxygens (including phenoxy) is 1. The Kier molecular flexibility index (Phi) is 10.1. The van der Waals surface area contributed by atoms with Crippen LogP contribution in [0.3, 0.4) is 0 Å². The zero-order chi connectivity index (χ0) is 34.0. The summed E-state index contributed by atoms with van der Waals surface area (Å²) in [5.41, 5.74) is -0.130. The van der Waals surface area contributed by atoms with Crippen LogP contribution in [-0.2, 0) is 23.9 Å². The predicted molar refractivity (Wildman–Crippen MR) is 170 cm³/mol. The average molecular weight is 689 g/mol. The van der Waals surface area contributed by atoms with Crippen molar-refractivity contribution in [3.63, 3.8) is 0 Å². The van der Waals surface area contributed by atoms with Crippen molar-refractivity contribution in [2.45, 2.75) is 82.7 Å². The molecule has 250 valence electrons. The van der Waals surface area contributed by atoms with Crippen molar-refractivity contribution in [1.29, 1.82) is 0 Å². The highest BCUT2D eigenvalue weighted by atomic mass is 35.5. The number of nitrogens with zero attached hydrogens (tertiary/aromatic N) is 3. The number of oxazole rings is 1. The predicted octanol–water partition coefficient (Wildman–Crippen LogP) is 3.71. The molecule has 3 aromatic rings. The van der Waals surface area contributed by atoms with Gasteiger partial charge in [0.25, 0.3) is 11.8 Å². The van der Waals surface area contributed by atoms with E-state index in [0.717, 1.165) is 5.01 Å². The summed E-state index contributed by atoms with van der Waals surface area (Å²) in [6, 6.07) is 7.64. The molecule has 5 rings (SSSR count). The number of halogens is 2. The molecule has 4 amide bonds. The van der Waals surface area contributed by atoms with Gasteiger partial charge in [0.1, 0.15) is 23.2 Å². The van der Waals surface area contributed by atoms with Crippen molar-refractivity contribution in [2.75, 3.05) is 6.54 Å². The van der Waals surface area contributed by atoms with Crippen LogP contribution in [0.4, 0.5) is 0 Å². The molecule has 4 atom stereocenters. The van der Waals surface area contributed by atoms with E-state index in [4.69, 9.17) is 32.4 Å². The fourth-order valence-corrected chi connectivity index (χ4v) is 6.12. The molecular formula is C32H35Cl2N5O8. The first-order chi connectivity index (χ1) is 22.2. The van der Waals surface area contributed by atoms with E-state index in [9.17, 15) is 29.1 Å². The molecule has 15 heteroatoms. The number of hydrogen-bond donors (Lipinski definition) is 3. The van der Waals surface area contributed by atoms with Crippen LogP contribution in [0.1, 0.15) is 75.2 Å². The maximum absolute atomic E-state index is 14.0. The molecule has 2 aliphatic rings. The van der Waals surface area contributed by atoms with Gasteiger partial charge in [0.05, 0.1) is 17.5 Å². The first-order valence-corrected chi connectivity index (χ1v) is 15.9. The van der Waals surface area contributed by atoms with Crippen molar-refractivity contribution < 1.29 is 38.2 Å². The maximum atomic E-state index is 14.0. The third-order valence-electron chi connectivity index (χ3n) is 7.70. The van der Waals surface area contributed by atoms with Crippen molar-refractivity contribution in [1.82, 2.24) is 25.6 Å². The summed E-state index contributed by atoms with van der Waals surface area (Å²) < 4.78 is 11.2. The Morgan fingerprint density at radius 1 is 1.13 bits per heavy atom. The molecule has 13 nitrogen and oxygen atoms in total. The third kappa shape index (κ3) is 7.86. The van der Waals surface area contributed by atoms with E-state index in [0.29, 0.717) is 12.0 Å². The van der Waals surface area contributed by atoms with Crippen LogP contribution < -0.4 is 10.6 Å². The Morgan fingerprint density at radius 2 is 1.85 bits per heavy atom. The molecule has 47 heavy (non-hydrogen) atoms. The molecule has 2 aromatic carbocycles. The van der Waals surface area contributed by atoms with Gasteiger partial charge in [0.15, 0.2) is 11.7 Å². The number of hydrazine groups is 1. The van der Waals surface area contributed by atoms with E-state index in [1.54, 1.807) is 51.1 Å². The van der Waals surface area contributed by atoms with Crippen LogP contribution in [0.15, 0.2) is 46.9 Å². The maximum Gasteiger partial charge on any atom is 0.308 e. The van der Waals surface area contributed by atoms with Crippen LogP contribution in [0.2, 0.25) is 10.0 Å². The first kappa shape index (κ1) is 34.1. The van der Waals surface area contributed by atoms with E-state index in [-0.39, 0.29) is 58.8 Å². The van der Waals surface area contributed by atoms with Crippen molar-refractivity contribution in [2.24, 2.45) is 0 Å². The number of nitrogens with one attached hydrogen (secondary N) is 2. The van der Waals surface area contributed by atoms with Gasteiger partial charge in [-0.2, -0.15) is 0 Å². The van der Waals surface area contributed by atoms with Gasteiger partial charge in [-0.3, -0.25) is 29.0 Å². The molecule has 0 saturated carbocycles. The summed E-state index contributed by atoms with van der Waals surface area (Å²) >= 11 is 12.3. The average Bonchev–Trinajstić information content (AvgIpc) is 3.40. The number of fused-ring (bicyclic) bond motifs is 2. The third-order valence-corrected chi connectivity index (χ3v) is 8.20. The van der Waals surface area contributed by atoms with E-state index < -0.39 is 59.9 Å². The van der Waals surface area contributed by atoms with Crippen molar-refractivity contribution in [3.05, 3.63) is 64.0 Å². The van der Waals surface area contributed by atoms with E-state index >= 15 is 0 Å². The lowest BCUT2D eigenvalue weighted by Crippen LogP contribution is -2.64. The molecule has 0 spiro atoms. The van der Waals surface area contributed by atoms with Crippen LogP contribution in [-0.4, -0.2) is 80.0 Å². The number of amides is 4. The Hall–Kier alpha value is -4.20. The Bertz CT molecular complexity index is 1690. The first-order valence-electron chi connectivity index (χ1n) is 15.2. The van der Waals surface area contributed by atoms with Gasteiger partial charge in [-0.15, -0.1) is 0 Å². The zero-order valence-electron chi connectivity index (χ0n) is 26.0. The quantitative estimate of drug-likeness (QED) is 0.299. The van der Waals surface area contributed by atoms with E-state index in [1.807, 2.05) is 0 Å². The standard InChI is InChI=1S/C32H35Cl2N5O8/c1-32(2,3)47-25(41)16-21(26(42)30-37-22-15-18(33)14-19(34)27(22)46-30)36-29(44)23-10-7-13-38-24(40)12-11-20(31(45)39(23)38)35-28(43)17-8-5-4-6-9-17/h4-6,8-9,14-15,20-21,23,26,42H,7,10-13,16H2,1-3H3,(H,35,43)(H,36,44). The lowest BCUT2D eigenvalue weighted by atomic mass is 10.0. The summed E-state index contributed by atoms with van der Waals surface area (Å²) in [4.78, 5) is 71.1. The fourth-order valence-electron chi connectivity index (χ4n) is 5.60. The molecule has 3 N–H and O–H groups in total. The highest BCUT2D eigenvalue weighted by Crippen LogP contribution is 2.32. The molecule has 1 aromatic heterocycles. The van der Waals surface area contributed by atoms with Gasteiger partial charge in [-0.1, -0.05) is 41.4 Å². The van der Waals surface area contributed by atoms with Gasteiger partial charge >= 0.3 is 5.97 Å². The van der Waals surface area contributed by atoms with Crippen LogP contribution in [0.5, 0.6) is 0 Å². The molecule has 0 radical (unpaired) electrons. The van der Waals surface area contributed by atoms with E-state index in [2.05, 4.69) is 15.6 Å². The second-order valence-electron chi connectivity index (χ2n) is 12.4. The van der Waals surface area contributed by atoms with Gasteiger partial charge < -0.3 is 24.9 Å². The summed E-state index contributed by atoms with van der Waals surface area (Å²) in [7, 11) is 0. The molecule has 2 aliphatic heterocycles. The SMILES string of the molecule is CC(C)(C)OC(=O)CC(NC(=O)C1CCCN2C(=O)CCC(NC(=O)c3ccccc3)C(=O)N12)C(O)c1nc2cc(Cl)cc(Cl)c2o1. The van der Waals surface area contributed by atoms with Gasteiger partial charge in [0.2, 0.25) is 17.7 Å². The Labute approximate surface area is 280 Å². The minimum absolute atomic E-state index is 0.0272. The Balaban J connectivity index is 1.41. The number of aliphatic hydroxyl groups is 1. The Morgan fingerprint density at radius 3 is 2.55 bits per heavy atom. The van der Waals surface area contributed by atoms with Gasteiger partial charge in [-0.05, 0) is 64.3 Å². The van der Waals surface area contributed by atoms with E-state index in [1.165, 1.54) is 17.1 Å². The fraction of sp³-hybridized carbons (Fsp3) is 0.438. The molecule has 0 aliphatic carbocycles. The number of esters is 1. The molecule has 3 heterocycles. The highest BCUT2D eigenvalue weighted by molar-refractivity contribution is 6.38. The lowest BCUT2D eigenvalue weighted by molar-refractivity contribution is -0.176. The van der Waals surface area contributed by atoms with Crippen LogP contribution >= 0.6 is 23.2 Å². The number of carbonyl (C=O) groups is 5. The second kappa shape index (κ2) is 13.9. The number of rotatable bonds is 8. The number of carbonyl (C=O) groups excluding carboxylic acids is 5. The lowest BCUT2D eigenvalue weighted by Gasteiger charge is -2.43. The largest absolute Gasteiger partial charge is 0.460 e. The van der Waals surface area contributed by atoms with Gasteiger partial charge in [-0.25, -0.2) is 9.99 Å².